The summed E-state index contributed by atoms with van der Waals surface area (Å²) >= 11 is 1.55. The molecule has 4 rings (SSSR count). The molecule has 0 atom stereocenters. The van der Waals surface area contributed by atoms with Crippen LogP contribution in [-0.4, -0.2) is 3.21 Å². The van der Waals surface area contributed by atoms with Crippen molar-refractivity contribution in [2.75, 3.05) is 0 Å². The Labute approximate surface area is 199 Å². The summed E-state index contributed by atoms with van der Waals surface area (Å²) in [6.45, 7) is 17.8. The molecule has 0 radical (unpaired) electrons. The Bertz CT molecular complexity index is 878. The molecule has 0 heterocycles. The van der Waals surface area contributed by atoms with Crippen molar-refractivity contribution in [2.45, 2.75) is 72.6 Å². The fraction of sp³-hybridized carbons (Fsp3) is 0.379. The van der Waals surface area contributed by atoms with Gasteiger partial charge in [-0.3, -0.25) is 0 Å². The maximum Gasteiger partial charge on any atom is -0.172 e. The van der Waals surface area contributed by atoms with Crippen LogP contribution in [0.2, 0.25) is 0 Å². The minimum atomic E-state index is 0.167. The van der Waals surface area contributed by atoms with Gasteiger partial charge in [0.05, 0.1) is 0 Å². The van der Waals surface area contributed by atoms with Crippen molar-refractivity contribution in [3.8, 4) is 11.1 Å². The minimum absolute atomic E-state index is 0.167. The summed E-state index contributed by atoms with van der Waals surface area (Å²) < 4.78 is 1.51. The molecule has 0 spiro atoms. The standard InChI is InChI=1S/C21H25.C5H5.C3H6.Zr/c1-20(2,3)16-7-9-18-14(12-16)11-15-13-17(21(4,5)6)8-10-19(15)18;1-2-4-5-3-1;1-3-2;/h7-10,12H,11H2,1-6H3;1-5H;1-2H3;/q2*-1;;+2. The van der Waals surface area contributed by atoms with Crippen LogP contribution in [0.15, 0.2) is 60.7 Å². The van der Waals surface area contributed by atoms with E-state index in [1.165, 1.54) is 36.6 Å². The number of rotatable bonds is 0. The van der Waals surface area contributed by atoms with Gasteiger partial charge in [-0.05, 0) is 28.4 Å². The van der Waals surface area contributed by atoms with Crippen LogP contribution in [0.1, 0.15) is 77.6 Å². The molecular formula is C29H36Zr. The summed E-state index contributed by atoms with van der Waals surface area (Å²) in [7, 11) is 0. The van der Waals surface area contributed by atoms with Crippen molar-refractivity contribution >= 4 is 3.21 Å². The third-order valence-electron chi connectivity index (χ3n) is 5.02. The molecule has 30 heavy (non-hydrogen) atoms. The minimum Gasteiger partial charge on any atom is -0.214 e. The van der Waals surface area contributed by atoms with Crippen molar-refractivity contribution in [2.24, 2.45) is 0 Å². The van der Waals surface area contributed by atoms with Gasteiger partial charge in [0.15, 0.2) is 0 Å². The van der Waals surface area contributed by atoms with E-state index in [1.54, 1.807) is 24.2 Å². The molecule has 1 aliphatic carbocycles. The van der Waals surface area contributed by atoms with E-state index in [-0.39, 0.29) is 10.8 Å². The van der Waals surface area contributed by atoms with Crippen molar-refractivity contribution in [3.63, 3.8) is 0 Å². The van der Waals surface area contributed by atoms with E-state index in [1.807, 2.05) is 30.3 Å². The van der Waals surface area contributed by atoms with Gasteiger partial charge in [-0.2, -0.15) is 42.0 Å². The zero-order valence-electron chi connectivity index (χ0n) is 20.0. The molecule has 0 unspecified atom stereocenters. The number of hydrogen-bond donors (Lipinski definition) is 0. The van der Waals surface area contributed by atoms with E-state index < -0.39 is 0 Å². The zero-order valence-corrected chi connectivity index (χ0v) is 22.4. The van der Waals surface area contributed by atoms with E-state index in [9.17, 15) is 0 Å². The van der Waals surface area contributed by atoms with Crippen LogP contribution >= 0.6 is 0 Å². The first kappa shape index (κ1) is 24.8. The average Bonchev–Trinajstić information content (AvgIpc) is 3.30. The molecule has 156 valence electrons. The molecule has 0 fully saturated rings. The van der Waals surface area contributed by atoms with Crippen LogP contribution in [-0.2, 0) is 41.5 Å². The molecule has 0 aliphatic heterocycles. The van der Waals surface area contributed by atoms with Gasteiger partial charge >= 0.3 is 41.3 Å². The Hall–Kier alpha value is -1.46. The molecule has 0 saturated carbocycles. The zero-order chi connectivity index (χ0) is 22.5. The molecular weight excluding hydrogens is 440 g/mol. The normalized spacial score (nSPS) is 12.1. The fourth-order valence-electron chi connectivity index (χ4n) is 3.35. The smallest absolute Gasteiger partial charge is 0.172 e. The van der Waals surface area contributed by atoms with Gasteiger partial charge in [0, 0.05) is 0 Å². The van der Waals surface area contributed by atoms with Crippen molar-refractivity contribution in [1.82, 2.24) is 0 Å². The van der Waals surface area contributed by atoms with Crippen molar-refractivity contribution in [3.05, 3.63) is 89.0 Å². The van der Waals surface area contributed by atoms with Crippen LogP contribution < -0.4 is 0 Å². The summed E-state index contributed by atoms with van der Waals surface area (Å²) in [5.74, 6) is 0. The van der Waals surface area contributed by atoms with Gasteiger partial charge in [0.25, 0.3) is 0 Å². The van der Waals surface area contributed by atoms with E-state index in [4.69, 9.17) is 0 Å². The molecule has 0 saturated heterocycles. The van der Waals surface area contributed by atoms with E-state index in [0.29, 0.717) is 0 Å². The van der Waals surface area contributed by atoms with Gasteiger partial charge in [-0.15, -0.1) is 11.1 Å². The molecule has 0 nitrogen and oxygen atoms in total. The quantitative estimate of drug-likeness (QED) is 0.228. The second-order valence-electron chi connectivity index (χ2n) is 10.3. The summed E-state index contributed by atoms with van der Waals surface area (Å²) in [5, 5.41) is 0. The monoisotopic (exact) mass is 474 g/mol. The summed E-state index contributed by atoms with van der Waals surface area (Å²) in [4.78, 5) is 0. The second-order valence-corrected chi connectivity index (χ2v) is 12.7. The third-order valence-corrected chi connectivity index (χ3v) is 5.02. The summed E-state index contributed by atoms with van der Waals surface area (Å²) in [6.07, 6.45) is 1.03. The SMILES string of the molecule is CC(C)(C)c1[c-]c2c(cc1)-c1ccc(C(C)(C)C)cc1C2.C[C](C)=[Zr+2].c1cc[cH-]c1. The summed E-state index contributed by atoms with van der Waals surface area (Å²) in [6, 6.07) is 25.2. The Balaban J connectivity index is 0.000000297. The Morgan fingerprint density at radius 2 is 1.43 bits per heavy atom. The Morgan fingerprint density at radius 1 is 0.867 bits per heavy atom. The van der Waals surface area contributed by atoms with E-state index >= 15 is 0 Å². The number of fused-ring (bicyclic) bond motifs is 3. The maximum atomic E-state index is 3.67. The Kier molecular flexibility index (Phi) is 8.46. The van der Waals surface area contributed by atoms with Gasteiger partial charge in [0.2, 0.25) is 0 Å². The molecule has 3 aromatic rings. The molecule has 0 N–H and O–H groups in total. The van der Waals surface area contributed by atoms with Gasteiger partial charge < -0.3 is 0 Å². The molecule has 1 heteroatoms. The van der Waals surface area contributed by atoms with Crippen molar-refractivity contribution in [1.29, 1.82) is 0 Å². The maximum absolute atomic E-state index is 3.67. The van der Waals surface area contributed by atoms with E-state index in [2.05, 4.69) is 91.8 Å². The fourth-order valence-corrected chi connectivity index (χ4v) is 3.35. The average molecular weight is 476 g/mol. The van der Waals surface area contributed by atoms with Crippen LogP contribution in [0.3, 0.4) is 0 Å². The topological polar surface area (TPSA) is 0 Å². The summed E-state index contributed by atoms with van der Waals surface area (Å²) in [5.41, 5.74) is 8.70. The van der Waals surface area contributed by atoms with Gasteiger partial charge in [-0.1, -0.05) is 65.3 Å². The van der Waals surface area contributed by atoms with Gasteiger partial charge in [0.1, 0.15) is 0 Å². The second kappa shape index (κ2) is 10.2. The third kappa shape index (κ3) is 7.06. The molecule has 3 aromatic carbocycles. The predicted molar refractivity (Wildman–Crippen MR) is 129 cm³/mol. The number of benzene rings is 2. The van der Waals surface area contributed by atoms with Crippen LogP contribution in [0.25, 0.3) is 11.1 Å². The molecule has 0 aromatic heterocycles. The van der Waals surface area contributed by atoms with Crippen LogP contribution in [0, 0.1) is 6.07 Å². The molecule has 0 amide bonds. The number of hydrogen-bond acceptors (Lipinski definition) is 0. The van der Waals surface area contributed by atoms with Crippen LogP contribution in [0.4, 0.5) is 0 Å². The molecule has 1 aliphatic rings. The first-order valence-electron chi connectivity index (χ1n) is 10.8. The first-order valence-corrected chi connectivity index (χ1v) is 12.0. The van der Waals surface area contributed by atoms with Crippen LogP contribution in [0.5, 0.6) is 0 Å². The van der Waals surface area contributed by atoms with Crippen molar-refractivity contribution < 1.29 is 24.2 Å². The molecule has 0 bridgehead atoms. The van der Waals surface area contributed by atoms with E-state index in [0.717, 1.165) is 6.42 Å². The first-order chi connectivity index (χ1) is 13.9. The largest absolute Gasteiger partial charge is 0.214 e. The predicted octanol–water partition coefficient (Wildman–Crippen LogP) is 7.80. The Morgan fingerprint density at radius 3 is 1.90 bits per heavy atom. The van der Waals surface area contributed by atoms with Gasteiger partial charge in [-0.25, -0.2) is 12.1 Å².